The summed E-state index contributed by atoms with van der Waals surface area (Å²) in [5.41, 5.74) is 0. The van der Waals surface area contributed by atoms with Crippen molar-refractivity contribution < 1.29 is 19.8 Å². The van der Waals surface area contributed by atoms with Gasteiger partial charge in [-0.1, -0.05) is 0 Å². The maximum absolute atomic E-state index is 10.3. The molecule has 0 aliphatic rings. The third kappa shape index (κ3) is 7.58. The molecule has 0 radical (unpaired) electrons. The molecule has 0 unspecified atom stereocenters. The Morgan fingerprint density at radius 3 is 1.69 bits per heavy atom. The molecule has 0 rings (SSSR count). The molecule has 0 aromatic carbocycles. The van der Waals surface area contributed by atoms with Gasteiger partial charge in [-0.2, -0.15) is 0 Å². The fourth-order valence-electron chi connectivity index (χ4n) is 0.645. The number of carbonyl (C=O) groups is 2. The van der Waals surface area contributed by atoms with E-state index in [1.54, 1.807) is 0 Å². The molecule has 0 amide bonds. The van der Waals surface area contributed by atoms with Crippen molar-refractivity contribution in [3.8, 4) is 0 Å². The van der Waals surface area contributed by atoms with Crippen molar-refractivity contribution in [1.82, 2.24) is 0 Å². The van der Waals surface area contributed by atoms with E-state index in [9.17, 15) is 9.59 Å². The molecule has 0 aliphatic carbocycles. The van der Waals surface area contributed by atoms with Gasteiger partial charge >= 0.3 is 41.5 Å². The first kappa shape index (κ1) is 16.0. The van der Waals surface area contributed by atoms with Gasteiger partial charge in [0, 0.05) is 0 Å². The second kappa shape index (κ2) is 7.88. The van der Waals surface area contributed by atoms with Crippen LogP contribution in [0, 0.1) is 5.92 Å². The van der Waals surface area contributed by atoms with Crippen LogP contribution in [0.25, 0.3) is 0 Å². The molecule has 0 aliphatic heterocycles. The summed E-state index contributed by atoms with van der Waals surface area (Å²) in [6, 6.07) is 0. The summed E-state index contributed by atoms with van der Waals surface area (Å²) < 4.78 is 0. The van der Waals surface area contributed by atoms with Crippen LogP contribution in [-0.4, -0.2) is 56.5 Å². The van der Waals surface area contributed by atoms with Crippen molar-refractivity contribution >= 4 is 64.7 Å². The van der Waals surface area contributed by atoms with Crippen LogP contribution in [0.5, 0.6) is 0 Å². The van der Waals surface area contributed by atoms with Gasteiger partial charge in [-0.3, -0.25) is 9.59 Å². The van der Waals surface area contributed by atoms with Crippen molar-refractivity contribution in [3.05, 3.63) is 0 Å². The predicted octanol–water partition coefficient (Wildman–Crippen LogP) is 0.707. The van der Waals surface area contributed by atoms with Crippen molar-refractivity contribution in [2.24, 2.45) is 5.92 Å². The molecule has 2 N–H and O–H groups in total. The zero-order chi connectivity index (χ0) is 9.72. The van der Waals surface area contributed by atoms with Gasteiger partial charge in [0.05, 0.1) is 0 Å². The molecule has 0 atom stereocenters. The summed E-state index contributed by atoms with van der Waals surface area (Å²) in [5, 5.41) is 16.8. The van der Waals surface area contributed by atoms with E-state index in [0.29, 0.717) is 0 Å². The summed E-state index contributed by atoms with van der Waals surface area (Å²) in [5.74, 6) is -4.14. The van der Waals surface area contributed by atoms with Crippen LogP contribution in [-0.2, 0) is 9.59 Å². The molecule has 13 heavy (non-hydrogen) atoms. The number of carboxylic acids is 2. The SMILES string of the molecule is O=C(O)C(CCC(Cl)Cl)C(=O)O.[NaH]. The maximum atomic E-state index is 10.3. The minimum atomic E-state index is -1.41. The molecule has 0 heterocycles. The molecular weight excluding hydrogens is 230 g/mol. The Labute approximate surface area is 107 Å². The average molecular weight is 239 g/mol. The Morgan fingerprint density at radius 1 is 1.08 bits per heavy atom. The number of hydrogen-bond acceptors (Lipinski definition) is 2. The molecule has 7 heteroatoms. The van der Waals surface area contributed by atoms with E-state index in [2.05, 4.69) is 0 Å². The van der Waals surface area contributed by atoms with Gasteiger partial charge in [-0.25, -0.2) is 0 Å². The van der Waals surface area contributed by atoms with Crippen LogP contribution in [0.2, 0.25) is 0 Å². The molecule has 72 valence electrons. The number of halogens is 2. The normalized spacial score (nSPS) is 9.85. The van der Waals surface area contributed by atoms with Gasteiger partial charge in [0.2, 0.25) is 0 Å². The predicted molar refractivity (Wildman–Crippen MR) is 50.6 cm³/mol. The molecule has 0 bridgehead atoms. The Hall–Kier alpha value is 0.520. The first-order chi connectivity index (χ1) is 5.45. The molecular formula is C6H9Cl2NaO4. The van der Waals surface area contributed by atoms with E-state index < -0.39 is 22.7 Å². The quantitative estimate of drug-likeness (QED) is 0.421. The van der Waals surface area contributed by atoms with Crippen LogP contribution >= 0.6 is 23.2 Å². The Morgan fingerprint density at radius 2 is 1.46 bits per heavy atom. The Balaban J connectivity index is 0. The molecule has 0 aromatic heterocycles. The van der Waals surface area contributed by atoms with Gasteiger partial charge in [0.1, 0.15) is 4.84 Å². The van der Waals surface area contributed by atoms with Crippen LogP contribution in [0.15, 0.2) is 0 Å². The summed E-state index contributed by atoms with van der Waals surface area (Å²) in [4.78, 5) is 19.9. The molecule has 0 fully saturated rings. The van der Waals surface area contributed by atoms with Crippen LogP contribution in [0.3, 0.4) is 0 Å². The average Bonchev–Trinajstić information content (AvgIpc) is 1.84. The Kier molecular flexibility index (Phi) is 9.68. The standard InChI is InChI=1S/C6H8Cl2O4.Na.H/c7-4(8)2-1-3(5(9)10)6(11)12;;/h3-4H,1-2H2,(H,9,10)(H,11,12);;. The topological polar surface area (TPSA) is 74.6 Å². The van der Waals surface area contributed by atoms with Gasteiger partial charge in [0.15, 0.2) is 5.92 Å². The van der Waals surface area contributed by atoms with E-state index in [4.69, 9.17) is 33.4 Å². The van der Waals surface area contributed by atoms with Crippen LogP contribution in [0.1, 0.15) is 12.8 Å². The zero-order valence-corrected chi connectivity index (χ0v) is 7.55. The van der Waals surface area contributed by atoms with E-state index in [1.807, 2.05) is 0 Å². The van der Waals surface area contributed by atoms with Gasteiger partial charge in [-0.05, 0) is 12.8 Å². The first-order valence-electron chi connectivity index (χ1n) is 3.19. The summed E-state index contributed by atoms with van der Waals surface area (Å²) in [6.45, 7) is 0. The fourth-order valence-corrected chi connectivity index (χ4v) is 0.897. The third-order valence-electron chi connectivity index (χ3n) is 1.27. The number of rotatable bonds is 5. The van der Waals surface area contributed by atoms with Gasteiger partial charge in [0.25, 0.3) is 0 Å². The monoisotopic (exact) mass is 238 g/mol. The van der Waals surface area contributed by atoms with Crippen molar-refractivity contribution in [1.29, 1.82) is 0 Å². The second-order valence-corrected chi connectivity index (χ2v) is 3.47. The molecule has 0 aromatic rings. The molecule has 0 spiro atoms. The summed E-state index contributed by atoms with van der Waals surface area (Å²) >= 11 is 10.6. The number of aliphatic carboxylic acids is 2. The van der Waals surface area contributed by atoms with Gasteiger partial charge < -0.3 is 10.2 Å². The number of hydrogen-bond donors (Lipinski definition) is 2. The van der Waals surface area contributed by atoms with E-state index in [0.717, 1.165) is 0 Å². The van der Waals surface area contributed by atoms with Crippen LogP contribution < -0.4 is 0 Å². The van der Waals surface area contributed by atoms with Crippen molar-refractivity contribution in [2.75, 3.05) is 0 Å². The minimum absolute atomic E-state index is 0. The first-order valence-corrected chi connectivity index (χ1v) is 4.06. The summed E-state index contributed by atoms with van der Waals surface area (Å²) in [7, 11) is 0. The third-order valence-corrected chi connectivity index (χ3v) is 1.71. The second-order valence-electron chi connectivity index (χ2n) is 2.20. The van der Waals surface area contributed by atoms with Crippen molar-refractivity contribution in [2.45, 2.75) is 17.7 Å². The summed E-state index contributed by atoms with van der Waals surface area (Å²) in [6.07, 6.45) is 0.106. The molecule has 4 nitrogen and oxygen atoms in total. The van der Waals surface area contributed by atoms with Crippen LogP contribution in [0.4, 0.5) is 0 Å². The molecule has 0 saturated heterocycles. The van der Waals surface area contributed by atoms with E-state index >= 15 is 0 Å². The number of carboxylic acid groups (broad SMARTS) is 2. The van der Waals surface area contributed by atoms with Crippen molar-refractivity contribution in [3.63, 3.8) is 0 Å². The van der Waals surface area contributed by atoms with E-state index in [-0.39, 0.29) is 42.4 Å². The Bertz CT molecular complexity index is 171. The fraction of sp³-hybridized carbons (Fsp3) is 0.667. The number of alkyl halides is 2. The van der Waals surface area contributed by atoms with E-state index in [1.165, 1.54) is 0 Å². The zero-order valence-electron chi connectivity index (χ0n) is 6.04. The van der Waals surface area contributed by atoms with Gasteiger partial charge in [-0.15, -0.1) is 23.2 Å². The molecule has 0 saturated carbocycles.